The van der Waals surface area contributed by atoms with Crippen LogP contribution in [0.3, 0.4) is 0 Å². The molecule has 0 aliphatic carbocycles. The van der Waals surface area contributed by atoms with Gasteiger partial charge in [0, 0.05) is 21.9 Å². The first-order valence-electron chi connectivity index (χ1n) is 7.35. The predicted octanol–water partition coefficient (Wildman–Crippen LogP) is 3.86. The summed E-state index contributed by atoms with van der Waals surface area (Å²) in [7, 11) is 0. The van der Waals surface area contributed by atoms with Crippen LogP contribution < -0.4 is 5.84 Å². The van der Waals surface area contributed by atoms with E-state index in [9.17, 15) is 4.79 Å². The zero-order valence-electron chi connectivity index (χ0n) is 13.3. The lowest BCUT2D eigenvalue weighted by molar-refractivity contribution is -0.458. The largest absolute Gasteiger partial charge is 0.414 e. The number of hydrogen-bond acceptors (Lipinski definition) is 3. The molecule has 0 atom stereocenters. The second kappa shape index (κ2) is 8.18. The summed E-state index contributed by atoms with van der Waals surface area (Å²) in [5.74, 6) is 6.90. The molecule has 0 heterocycles. The summed E-state index contributed by atoms with van der Waals surface area (Å²) in [5, 5.41) is 0.647. The molecular weight excluding hydrogens is 328 g/mol. The lowest BCUT2D eigenvalue weighted by atomic mass is 10.0. The van der Waals surface area contributed by atoms with Gasteiger partial charge in [0.05, 0.1) is 6.42 Å². The van der Waals surface area contributed by atoms with Crippen LogP contribution >= 0.6 is 23.4 Å². The molecule has 0 saturated carbocycles. The zero-order chi connectivity index (χ0) is 16.8. The average molecular weight is 348 g/mol. The summed E-state index contributed by atoms with van der Waals surface area (Å²) in [6.07, 6.45) is 2.42. The van der Waals surface area contributed by atoms with Gasteiger partial charge in [0.1, 0.15) is 0 Å². The Morgan fingerprint density at radius 3 is 2.09 bits per heavy atom. The third kappa shape index (κ3) is 4.36. The summed E-state index contributed by atoms with van der Waals surface area (Å²) in [5.41, 5.74) is 3.68. The lowest BCUT2D eigenvalue weighted by Gasteiger charge is -2.06. The highest BCUT2D eigenvalue weighted by atomic mass is 35.5. The number of hydrogen-bond donors (Lipinski definition) is 1. The van der Waals surface area contributed by atoms with Gasteiger partial charge in [-0.05, 0) is 52.9 Å². The number of carbonyl (C=O) groups is 1. The van der Waals surface area contributed by atoms with Gasteiger partial charge in [0.2, 0.25) is 0 Å². The van der Waals surface area contributed by atoms with E-state index in [1.807, 2.05) is 24.3 Å². The summed E-state index contributed by atoms with van der Waals surface area (Å²) < 4.78 is 1.23. The van der Waals surface area contributed by atoms with Crippen LogP contribution in [-0.4, -0.2) is 22.6 Å². The van der Waals surface area contributed by atoms with Crippen molar-refractivity contribution in [2.75, 3.05) is 6.26 Å². The number of halogens is 1. The predicted molar refractivity (Wildman–Crippen MR) is 98.1 cm³/mol. The van der Waals surface area contributed by atoms with E-state index in [1.54, 1.807) is 30.8 Å². The molecule has 0 bridgehead atoms. The minimum absolute atomic E-state index is 0.136. The highest BCUT2D eigenvalue weighted by Crippen LogP contribution is 2.17. The standard InChI is InChI=1S/C18H20ClN2OS/c1-3-17(22)21(20)18(15-8-10-16(19)11-9-15)14-6-4-13(5-7-14)12-23-2/h4-11H,3,12,20H2,1-2H3/q+1. The van der Waals surface area contributed by atoms with Crippen LogP contribution in [0, 0.1) is 0 Å². The molecule has 0 spiro atoms. The first-order chi connectivity index (χ1) is 11.1. The van der Waals surface area contributed by atoms with Crippen LogP contribution in [0.15, 0.2) is 48.5 Å². The Morgan fingerprint density at radius 1 is 1.09 bits per heavy atom. The molecule has 2 aromatic carbocycles. The van der Waals surface area contributed by atoms with Gasteiger partial charge in [0.25, 0.3) is 5.71 Å². The monoisotopic (exact) mass is 347 g/mol. The average Bonchev–Trinajstić information content (AvgIpc) is 2.57. The second-order valence-corrected chi connectivity index (χ2v) is 6.41. The van der Waals surface area contributed by atoms with E-state index >= 15 is 0 Å². The van der Waals surface area contributed by atoms with E-state index in [4.69, 9.17) is 17.4 Å². The van der Waals surface area contributed by atoms with Crippen molar-refractivity contribution in [1.82, 2.24) is 0 Å². The summed E-state index contributed by atoms with van der Waals surface area (Å²) in [4.78, 5) is 12.1. The molecule has 0 aliphatic rings. The molecule has 0 saturated heterocycles. The third-order valence-electron chi connectivity index (χ3n) is 3.47. The third-order valence-corrected chi connectivity index (χ3v) is 4.34. The Kier molecular flexibility index (Phi) is 6.25. The van der Waals surface area contributed by atoms with E-state index in [1.165, 1.54) is 10.2 Å². The Balaban J connectivity index is 2.53. The molecule has 2 N–H and O–H groups in total. The SMILES string of the molecule is CCC(=O)[N+](N)=C(c1ccc(Cl)cc1)c1ccc(CSC)cc1. The maximum atomic E-state index is 12.1. The van der Waals surface area contributed by atoms with Crippen molar-refractivity contribution in [2.45, 2.75) is 19.1 Å². The van der Waals surface area contributed by atoms with Crippen molar-refractivity contribution >= 4 is 35.0 Å². The van der Waals surface area contributed by atoms with Gasteiger partial charge < -0.3 is 0 Å². The molecule has 5 heteroatoms. The van der Waals surface area contributed by atoms with Gasteiger partial charge in [-0.2, -0.15) is 11.8 Å². The fourth-order valence-corrected chi connectivity index (χ4v) is 2.92. The number of thioether (sulfide) groups is 1. The normalized spacial score (nSPS) is 12.0. The Hall–Kier alpha value is -1.78. The molecule has 23 heavy (non-hydrogen) atoms. The molecule has 0 aromatic heterocycles. The van der Waals surface area contributed by atoms with E-state index < -0.39 is 0 Å². The van der Waals surface area contributed by atoms with Gasteiger partial charge in [0.15, 0.2) is 0 Å². The molecule has 2 aromatic rings. The van der Waals surface area contributed by atoms with Gasteiger partial charge in [-0.3, -0.25) is 0 Å². The van der Waals surface area contributed by atoms with Crippen LogP contribution in [0.1, 0.15) is 30.0 Å². The number of hydrazine groups is 1. The first kappa shape index (κ1) is 17.6. The Labute approximate surface area is 146 Å². The van der Waals surface area contributed by atoms with Crippen LogP contribution in [0.2, 0.25) is 5.02 Å². The maximum Gasteiger partial charge on any atom is 0.414 e. The Morgan fingerprint density at radius 2 is 1.61 bits per heavy atom. The number of hydrazone groups is 1. The number of amides is 1. The molecule has 2 rings (SSSR count). The van der Waals surface area contributed by atoms with Crippen molar-refractivity contribution < 1.29 is 9.48 Å². The van der Waals surface area contributed by atoms with Crippen molar-refractivity contribution in [3.05, 3.63) is 70.2 Å². The fourth-order valence-electron chi connectivity index (χ4n) is 2.27. The summed E-state index contributed by atoms with van der Waals surface area (Å²) >= 11 is 7.74. The second-order valence-electron chi connectivity index (χ2n) is 5.10. The van der Waals surface area contributed by atoms with Crippen molar-refractivity contribution in [1.29, 1.82) is 0 Å². The number of nitrogens with two attached hydrogens (primary N) is 1. The molecule has 0 unspecified atom stereocenters. The molecule has 3 nitrogen and oxygen atoms in total. The summed E-state index contributed by atoms with van der Waals surface area (Å²) in [6, 6.07) is 15.5. The van der Waals surface area contributed by atoms with E-state index in [2.05, 4.69) is 18.4 Å². The number of nitrogens with zero attached hydrogens (tertiary/aromatic N) is 1. The topological polar surface area (TPSA) is 46.1 Å². The highest BCUT2D eigenvalue weighted by molar-refractivity contribution is 7.97. The highest BCUT2D eigenvalue weighted by Gasteiger charge is 2.23. The molecule has 0 radical (unpaired) electrons. The van der Waals surface area contributed by atoms with Gasteiger partial charge >= 0.3 is 5.91 Å². The van der Waals surface area contributed by atoms with Gasteiger partial charge in [-0.15, -0.1) is 0 Å². The minimum Gasteiger partial charge on any atom is -0.217 e. The van der Waals surface area contributed by atoms with Crippen molar-refractivity contribution in [3.63, 3.8) is 0 Å². The summed E-state index contributed by atoms with van der Waals surface area (Å²) in [6.45, 7) is 1.79. The van der Waals surface area contributed by atoms with E-state index in [0.717, 1.165) is 16.9 Å². The molecule has 120 valence electrons. The number of carbonyl (C=O) groups excluding carboxylic acids is 1. The van der Waals surface area contributed by atoms with Crippen molar-refractivity contribution in [3.8, 4) is 0 Å². The number of rotatable bonds is 5. The van der Waals surface area contributed by atoms with Gasteiger partial charge in [-0.25, -0.2) is 10.6 Å². The molecular formula is C18H20ClN2OS+. The van der Waals surface area contributed by atoms with Gasteiger partial charge in [-0.1, -0.05) is 30.7 Å². The maximum absolute atomic E-state index is 12.1. The molecule has 0 aliphatic heterocycles. The lowest BCUT2D eigenvalue weighted by Crippen LogP contribution is -2.34. The number of benzene rings is 2. The van der Waals surface area contributed by atoms with Crippen LogP contribution in [-0.2, 0) is 10.5 Å². The quantitative estimate of drug-likeness (QED) is 0.294. The van der Waals surface area contributed by atoms with Crippen LogP contribution in [0.4, 0.5) is 0 Å². The zero-order valence-corrected chi connectivity index (χ0v) is 14.8. The Bertz CT molecular complexity index is 709. The van der Waals surface area contributed by atoms with E-state index in [0.29, 0.717) is 17.2 Å². The first-order valence-corrected chi connectivity index (χ1v) is 9.12. The van der Waals surface area contributed by atoms with Crippen LogP contribution in [0.5, 0.6) is 0 Å². The molecule has 0 fully saturated rings. The fraction of sp³-hybridized carbons (Fsp3) is 0.222. The van der Waals surface area contributed by atoms with Crippen LogP contribution in [0.25, 0.3) is 0 Å². The minimum atomic E-state index is -0.136. The van der Waals surface area contributed by atoms with E-state index in [-0.39, 0.29) is 5.91 Å². The molecule has 1 amide bonds. The van der Waals surface area contributed by atoms with Crippen molar-refractivity contribution in [2.24, 2.45) is 5.84 Å². The smallest absolute Gasteiger partial charge is 0.217 e.